The lowest BCUT2D eigenvalue weighted by Crippen LogP contribution is -2.33. The molecular weight excluding hydrogens is 293 g/mol. The van der Waals surface area contributed by atoms with E-state index in [4.69, 9.17) is 11.6 Å². The fourth-order valence-electron chi connectivity index (χ4n) is 2.13. The maximum absolute atomic E-state index is 12.9. The lowest BCUT2D eigenvalue weighted by molar-refractivity contribution is 0.0723. The van der Waals surface area contributed by atoms with E-state index in [1.54, 1.807) is 17.0 Å². The van der Waals surface area contributed by atoms with Crippen molar-refractivity contribution in [2.75, 3.05) is 0 Å². The van der Waals surface area contributed by atoms with Crippen LogP contribution in [0.3, 0.4) is 0 Å². The van der Waals surface area contributed by atoms with Crippen LogP contribution in [0.2, 0.25) is 5.15 Å². The van der Waals surface area contributed by atoms with E-state index in [1.807, 2.05) is 0 Å². The third kappa shape index (κ3) is 3.36. The second-order valence-electron chi connectivity index (χ2n) is 5.02. The van der Waals surface area contributed by atoms with E-state index in [2.05, 4.69) is 9.97 Å². The third-order valence-corrected chi connectivity index (χ3v) is 3.52. The molecule has 1 heterocycles. The van der Waals surface area contributed by atoms with E-state index in [0.29, 0.717) is 6.54 Å². The van der Waals surface area contributed by atoms with Crippen LogP contribution in [0, 0.1) is 5.82 Å². The van der Waals surface area contributed by atoms with Crippen LogP contribution in [0.4, 0.5) is 4.39 Å². The van der Waals surface area contributed by atoms with E-state index in [1.165, 1.54) is 24.5 Å². The molecule has 0 atom stereocenters. The van der Waals surface area contributed by atoms with Crippen molar-refractivity contribution in [1.29, 1.82) is 0 Å². The zero-order valence-electron chi connectivity index (χ0n) is 11.2. The Kier molecular flexibility index (Phi) is 3.84. The molecule has 4 nitrogen and oxygen atoms in total. The molecule has 0 saturated heterocycles. The normalized spacial score (nSPS) is 14.0. The molecule has 6 heteroatoms. The predicted octanol–water partition coefficient (Wildman–Crippen LogP) is 3.07. The highest BCUT2D eigenvalue weighted by Crippen LogP contribution is 2.29. The number of hydrogen-bond donors (Lipinski definition) is 0. The number of nitrogens with zero attached hydrogens (tertiary/aromatic N) is 3. The van der Waals surface area contributed by atoms with Gasteiger partial charge in [-0.1, -0.05) is 23.7 Å². The Labute approximate surface area is 126 Å². The van der Waals surface area contributed by atoms with E-state index in [9.17, 15) is 9.18 Å². The van der Waals surface area contributed by atoms with Crippen molar-refractivity contribution in [2.45, 2.75) is 25.4 Å². The quantitative estimate of drug-likeness (QED) is 0.872. The van der Waals surface area contributed by atoms with Gasteiger partial charge in [0.05, 0.1) is 12.4 Å². The van der Waals surface area contributed by atoms with Gasteiger partial charge in [0.25, 0.3) is 5.91 Å². The molecule has 2 aromatic rings. The van der Waals surface area contributed by atoms with Crippen molar-refractivity contribution in [1.82, 2.24) is 14.9 Å². The van der Waals surface area contributed by atoms with Crippen molar-refractivity contribution >= 4 is 17.5 Å². The van der Waals surface area contributed by atoms with Crippen LogP contribution < -0.4 is 0 Å². The highest BCUT2D eigenvalue weighted by Gasteiger charge is 2.33. The predicted molar refractivity (Wildman–Crippen MR) is 76.3 cm³/mol. The molecule has 108 valence electrons. The number of hydrogen-bond acceptors (Lipinski definition) is 3. The van der Waals surface area contributed by atoms with Crippen LogP contribution in [0.15, 0.2) is 36.7 Å². The van der Waals surface area contributed by atoms with Gasteiger partial charge < -0.3 is 4.90 Å². The topological polar surface area (TPSA) is 46.1 Å². The van der Waals surface area contributed by atoms with Gasteiger partial charge in [-0.3, -0.25) is 9.78 Å². The lowest BCUT2D eigenvalue weighted by atomic mass is 10.2. The number of halogens is 2. The average molecular weight is 306 g/mol. The first kappa shape index (κ1) is 13.9. The fourth-order valence-corrected chi connectivity index (χ4v) is 2.28. The Morgan fingerprint density at radius 1 is 1.29 bits per heavy atom. The largest absolute Gasteiger partial charge is 0.330 e. The van der Waals surface area contributed by atoms with Gasteiger partial charge in [-0.15, -0.1) is 0 Å². The molecule has 0 N–H and O–H groups in total. The van der Waals surface area contributed by atoms with Gasteiger partial charge in [0, 0.05) is 12.6 Å². The van der Waals surface area contributed by atoms with Crippen molar-refractivity contribution in [2.24, 2.45) is 0 Å². The van der Waals surface area contributed by atoms with Gasteiger partial charge in [0.2, 0.25) is 0 Å². The van der Waals surface area contributed by atoms with Crippen LogP contribution in [-0.2, 0) is 6.54 Å². The van der Waals surface area contributed by atoms with Gasteiger partial charge in [-0.05, 0) is 30.5 Å². The highest BCUT2D eigenvalue weighted by molar-refractivity contribution is 6.29. The smallest absolute Gasteiger partial charge is 0.274 e. The van der Waals surface area contributed by atoms with E-state index in [0.717, 1.165) is 18.4 Å². The maximum atomic E-state index is 12.9. The summed E-state index contributed by atoms with van der Waals surface area (Å²) in [4.78, 5) is 22.2. The molecular formula is C15H13ClFN3O. The average Bonchev–Trinajstić information content (AvgIpc) is 3.30. The number of aromatic nitrogens is 2. The Balaban J connectivity index is 1.81. The highest BCUT2D eigenvalue weighted by atomic mass is 35.5. The fraction of sp³-hybridized carbons (Fsp3) is 0.267. The van der Waals surface area contributed by atoms with Crippen LogP contribution in [-0.4, -0.2) is 26.8 Å². The van der Waals surface area contributed by atoms with Crippen molar-refractivity contribution in [3.63, 3.8) is 0 Å². The number of benzene rings is 1. The molecule has 1 aromatic heterocycles. The Hall–Kier alpha value is -2.01. The minimum Gasteiger partial charge on any atom is -0.330 e. The SMILES string of the molecule is O=C(c1cncc(Cl)n1)N(Cc1ccc(F)cc1)C1CC1. The first-order chi connectivity index (χ1) is 10.1. The molecule has 1 saturated carbocycles. The van der Waals surface area contributed by atoms with Gasteiger partial charge in [0.15, 0.2) is 0 Å². The van der Waals surface area contributed by atoms with Crippen LogP contribution in [0.1, 0.15) is 28.9 Å². The molecule has 1 aliphatic rings. The molecule has 0 unspecified atom stereocenters. The van der Waals surface area contributed by atoms with Crippen LogP contribution >= 0.6 is 11.6 Å². The number of amides is 1. The zero-order chi connectivity index (χ0) is 14.8. The summed E-state index contributed by atoms with van der Waals surface area (Å²) in [6.07, 6.45) is 4.75. The number of carbonyl (C=O) groups is 1. The summed E-state index contributed by atoms with van der Waals surface area (Å²) in [7, 11) is 0. The van der Waals surface area contributed by atoms with E-state index >= 15 is 0 Å². The van der Waals surface area contributed by atoms with E-state index < -0.39 is 0 Å². The Morgan fingerprint density at radius 2 is 2.00 bits per heavy atom. The maximum Gasteiger partial charge on any atom is 0.274 e. The summed E-state index contributed by atoms with van der Waals surface area (Å²) in [6.45, 7) is 0.429. The van der Waals surface area contributed by atoms with Crippen molar-refractivity contribution < 1.29 is 9.18 Å². The van der Waals surface area contributed by atoms with Crippen LogP contribution in [0.5, 0.6) is 0 Å². The molecule has 1 fully saturated rings. The van der Waals surface area contributed by atoms with Gasteiger partial charge in [-0.25, -0.2) is 9.37 Å². The third-order valence-electron chi connectivity index (χ3n) is 3.34. The molecule has 0 bridgehead atoms. The first-order valence-corrected chi connectivity index (χ1v) is 7.04. The van der Waals surface area contributed by atoms with Gasteiger partial charge in [-0.2, -0.15) is 0 Å². The summed E-state index contributed by atoms with van der Waals surface area (Å²) in [5, 5.41) is 0.193. The standard InChI is InChI=1S/C15H13ClFN3O/c16-14-8-18-7-13(19-14)15(21)20(12-5-6-12)9-10-1-3-11(17)4-2-10/h1-4,7-8,12H,5-6,9H2. The summed E-state index contributed by atoms with van der Waals surface area (Å²) < 4.78 is 12.9. The molecule has 1 aromatic carbocycles. The Morgan fingerprint density at radius 3 is 2.62 bits per heavy atom. The summed E-state index contributed by atoms with van der Waals surface area (Å²) in [5.41, 5.74) is 1.11. The van der Waals surface area contributed by atoms with Crippen molar-refractivity contribution in [3.05, 3.63) is 58.9 Å². The molecule has 3 rings (SSSR count). The molecule has 21 heavy (non-hydrogen) atoms. The minimum atomic E-state index is -0.288. The van der Waals surface area contributed by atoms with E-state index in [-0.39, 0.29) is 28.6 Å². The van der Waals surface area contributed by atoms with Gasteiger partial charge in [0.1, 0.15) is 16.7 Å². The number of rotatable bonds is 4. The first-order valence-electron chi connectivity index (χ1n) is 6.66. The minimum absolute atomic E-state index is 0.193. The second kappa shape index (κ2) is 5.77. The summed E-state index contributed by atoms with van der Waals surface area (Å²) in [5.74, 6) is -0.486. The number of carbonyl (C=O) groups excluding carboxylic acids is 1. The molecule has 0 radical (unpaired) electrons. The molecule has 1 aliphatic carbocycles. The molecule has 0 spiro atoms. The lowest BCUT2D eigenvalue weighted by Gasteiger charge is -2.22. The zero-order valence-corrected chi connectivity index (χ0v) is 11.9. The van der Waals surface area contributed by atoms with Crippen LogP contribution in [0.25, 0.3) is 0 Å². The van der Waals surface area contributed by atoms with Crippen molar-refractivity contribution in [3.8, 4) is 0 Å². The molecule has 1 amide bonds. The summed E-state index contributed by atoms with van der Waals surface area (Å²) in [6, 6.07) is 6.36. The second-order valence-corrected chi connectivity index (χ2v) is 5.40. The molecule has 0 aliphatic heterocycles. The monoisotopic (exact) mass is 305 g/mol. The summed E-state index contributed by atoms with van der Waals surface area (Å²) >= 11 is 5.78. The Bertz CT molecular complexity index is 658. The van der Waals surface area contributed by atoms with Gasteiger partial charge >= 0.3 is 0 Å².